The summed E-state index contributed by atoms with van der Waals surface area (Å²) in [6.07, 6.45) is -1.06. The molecule has 0 unspecified atom stereocenters. The Morgan fingerprint density at radius 2 is 1.38 bits per heavy atom. The van der Waals surface area contributed by atoms with E-state index in [1.54, 1.807) is 41.5 Å². The van der Waals surface area contributed by atoms with Crippen molar-refractivity contribution in [2.24, 2.45) is 0 Å². The maximum Gasteiger partial charge on any atom is 0.333 e. The Morgan fingerprint density at radius 1 is 0.844 bits per heavy atom. The van der Waals surface area contributed by atoms with Crippen molar-refractivity contribution < 1.29 is 43.1 Å². The van der Waals surface area contributed by atoms with Gasteiger partial charge >= 0.3 is 17.9 Å². The molecule has 11 nitrogen and oxygen atoms in total. The second kappa shape index (κ2) is 11.1. The number of carbonyl (C=O) groups is 6. The molecule has 0 bridgehead atoms. The summed E-state index contributed by atoms with van der Waals surface area (Å²) in [6, 6.07) is -1.13. The first-order valence-corrected chi connectivity index (χ1v) is 10.4. The third-order valence-corrected chi connectivity index (χ3v) is 3.84. The Balaban J connectivity index is 2.64. The summed E-state index contributed by atoms with van der Waals surface area (Å²) in [7, 11) is 0. The van der Waals surface area contributed by atoms with Crippen LogP contribution in [0.4, 0.5) is 0 Å². The number of nitrogens with one attached hydrogen (secondary N) is 1. The number of imide groups is 1. The van der Waals surface area contributed by atoms with Crippen molar-refractivity contribution in [2.75, 3.05) is 0 Å². The standard InChI is InChI=1S/C21H32N2O9/c1-20(2,3)30-17(27)11-7-13(19(29)31-21(4,5)6)22-14(24)8-12-18(28)32-23-15(25)9-10-16(23)26/h13H,7-12H2,1-6H3,(H,22,24)/t13-/m0/s1. The molecule has 0 aromatic heterocycles. The van der Waals surface area contributed by atoms with Gasteiger partial charge in [0.25, 0.3) is 11.8 Å². The van der Waals surface area contributed by atoms with Crippen LogP contribution < -0.4 is 5.32 Å². The number of hydrogen-bond acceptors (Lipinski definition) is 9. The largest absolute Gasteiger partial charge is 0.460 e. The van der Waals surface area contributed by atoms with Gasteiger partial charge in [-0.3, -0.25) is 19.2 Å². The van der Waals surface area contributed by atoms with E-state index in [4.69, 9.17) is 14.3 Å². The second-order valence-electron chi connectivity index (χ2n) is 9.32. The van der Waals surface area contributed by atoms with Crippen molar-refractivity contribution >= 4 is 35.6 Å². The van der Waals surface area contributed by atoms with E-state index in [0.717, 1.165) is 0 Å². The van der Waals surface area contributed by atoms with Crippen molar-refractivity contribution in [2.45, 2.75) is 97.3 Å². The number of hydroxylamine groups is 2. The zero-order valence-corrected chi connectivity index (χ0v) is 19.4. The monoisotopic (exact) mass is 456 g/mol. The molecular formula is C21H32N2O9. The predicted octanol–water partition coefficient (Wildman–Crippen LogP) is 1.32. The quantitative estimate of drug-likeness (QED) is 0.401. The summed E-state index contributed by atoms with van der Waals surface area (Å²) >= 11 is 0. The summed E-state index contributed by atoms with van der Waals surface area (Å²) in [5.74, 6) is -4.12. The van der Waals surface area contributed by atoms with Gasteiger partial charge in [-0.15, -0.1) is 5.06 Å². The molecule has 1 fully saturated rings. The first kappa shape index (κ1) is 27.1. The highest BCUT2D eigenvalue weighted by Crippen LogP contribution is 2.15. The molecule has 0 aromatic carbocycles. The molecule has 180 valence electrons. The second-order valence-corrected chi connectivity index (χ2v) is 9.32. The Labute approximate surface area is 187 Å². The molecule has 1 saturated heterocycles. The van der Waals surface area contributed by atoms with E-state index in [1.807, 2.05) is 0 Å². The number of rotatable bonds is 9. The van der Waals surface area contributed by atoms with E-state index in [9.17, 15) is 28.8 Å². The molecule has 0 radical (unpaired) electrons. The molecule has 1 aliphatic rings. The molecule has 0 spiro atoms. The van der Waals surface area contributed by atoms with Crippen molar-refractivity contribution in [3.05, 3.63) is 0 Å². The maximum atomic E-state index is 12.5. The number of esters is 2. The lowest BCUT2D eigenvalue weighted by Crippen LogP contribution is -2.44. The van der Waals surface area contributed by atoms with Gasteiger partial charge < -0.3 is 19.6 Å². The van der Waals surface area contributed by atoms with Crippen LogP contribution in [0.3, 0.4) is 0 Å². The lowest BCUT2D eigenvalue weighted by atomic mass is 10.1. The van der Waals surface area contributed by atoms with Gasteiger partial charge in [-0.2, -0.15) is 0 Å². The van der Waals surface area contributed by atoms with Crippen molar-refractivity contribution in [1.82, 2.24) is 10.4 Å². The smallest absolute Gasteiger partial charge is 0.333 e. The number of amides is 3. The average molecular weight is 456 g/mol. The molecule has 0 aliphatic carbocycles. The van der Waals surface area contributed by atoms with Crippen molar-refractivity contribution in [3.63, 3.8) is 0 Å². The lowest BCUT2D eigenvalue weighted by molar-refractivity contribution is -0.197. The van der Waals surface area contributed by atoms with Crippen LogP contribution >= 0.6 is 0 Å². The maximum absolute atomic E-state index is 12.5. The van der Waals surface area contributed by atoms with Crippen LogP contribution in [0.2, 0.25) is 0 Å². The zero-order valence-electron chi connectivity index (χ0n) is 19.4. The fourth-order valence-corrected chi connectivity index (χ4v) is 2.56. The first-order chi connectivity index (χ1) is 14.6. The first-order valence-electron chi connectivity index (χ1n) is 10.4. The summed E-state index contributed by atoms with van der Waals surface area (Å²) in [5, 5.41) is 2.84. The van der Waals surface area contributed by atoms with Gasteiger partial charge in [0.15, 0.2) is 0 Å². The Hall–Kier alpha value is -2.98. The summed E-state index contributed by atoms with van der Waals surface area (Å²) in [6.45, 7) is 10.1. The number of ether oxygens (including phenoxy) is 2. The Morgan fingerprint density at radius 3 is 1.88 bits per heavy atom. The van der Waals surface area contributed by atoms with E-state index in [0.29, 0.717) is 5.06 Å². The number of carbonyl (C=O) groups excluding carboxylic acids is 6. The molecule has 1 atom stereocenters. The average Bonchev–Trinajstić information content (AvgIpc) is 2.92. The van der Waals surface area contributed by atoms with Crippen molar-refractivity contribution in [1.29, 1.82) is 0 Å². The fourth-order valence-electron chi connectivity index (χ4n) is 2.56. The molecule has 32 heavy (non-hydrogen) atoms. The van der Waals surface area contributed by atoms with E-state index in [-0.39, 0.29) is 32.1 Å². The van der Waals surface area contributed by atoms with Gasteiger partial charge in [0.1, 0.15) is 17.2 Å². The summed E-state index contributed by atoms with van der Waals surface area (Å²) < 4.78 is 10.5. The SMILES string of the molecule is CC(C)(C)OC(=O)CC[C@H](NC(=O)CCC(=O)ON1C(=O)CCC1=O)C(=O)OC(C)(C)C. The van der Waals surface area contributed by atoms with Crippen LogP contribution in [0, 0.1) is 0 Å². The summed E-state index contributed by atoms with van der Waals surface area (Å²) in [4.78, 5) is 76.2. The van der Waals surface area contributed by atoms with Gasteiger partial charge in [0.2, 0.25) is 5.91 Å². The molecule has 1 aliphatic heterocycles. The minimum atomic E-state index is -1.13. The van der Waals surface area contributed by atoms with Crippen LogP contribution in [0.25, 0.3) is 0 Å². The van der Waals surface area contributed by atoms with Crippen LogP contribution in [0.15, 0.2) is 0 Å². The molecule has 3 amide bonds. The Kier molecular flexibility index (Phi) is 9.35. The van der Waals surface area contributed by atoms with Crippen LogP contribution in [-0.4, -0.2) is 57.9 Å². The van der Waals surface area contributed by atoms with Gasteiger partial charge in [0, 0.05) is 25.7 Å². The van der Waals surface area contributed by atoms with Gasteiger partial charge in [-0.05, 0) is 48.0 Å². The molecule has 0 saturated carbocycles. The molecule has 1 N–H and O–H groups in total. The van der Waals surface area contributed by atoms with Gasteiger partial charge in [-0.25, -0.2) is 9.59 Å². The topological polar surface area (TPSA) is 145 Å². The fraction of sp³-hybridized carbons (Fsp3) is 0.714. The number of nitrogens with zero attached hydrogens (tertiary/aromatic N) is 1. The van der Waals surface area contributed by atoms with E-state index >= 15 is 0 Å². The lowest BCUT2D eigenvalue weighted by Gasteiger charge is -2.25. The molecule has 1 heterocycles. The zero-order chi connectivity index (χ0) is 24.7. The van der Waals surface area contributed by atoms with Crippen LogP contribution in [-0.2, 0) is 43.1 Å². The minimum absolute atomic E-state index is 0.0399. The third kappa shape index (κ3) is 10.4. The van der Waals surface area contributed by atoms with E-state index < -0.39 is 59.3 Å². The molecular weight excluding hydrogens is 424 g/mol. The van der Waals surface area contributed by atoms with E-state index in [1.165, 1.54) is 0 Å². The highest BCUT2D eigenvalue weighted by atomic mass is 16.7. The normalized spacial score (nSPS) is 15.2. The predicted molar refractivity (Wildman–Crippen MR) is 109 cm³/mol. The van der Waals surface area contributed by atoms with Crippen molar-refractivity contribution in [3.8, 4) is 0 Å². The number of hydrogen-bond donors (Lipinski definition) is 1. The summed E-state index contributed by atoms with van der Waals surface area (Å²) in [5.41, 5.74) is -1.51. The third-order valence-electron chi connectivity index (χ3n) is 3.84. The van der Waals surface area contributed by atoms with Gasteiger partial charge in [-0.1, -0.05) is 0 Å². The molecule has 11 heteroatoms. The highest BCUT2D eigenvalue weighted by molar-refractivity contribution is 6.01. The van der Waals surface area contributed by atoms with E-state index in [2.05, 4.69) is 5.32 Å². The van der Waals surface area contributed by atoms with Gasteiger partial charge in [0.05, 0.1) is 6.42 Å². The molecule has 0 aromatic rings. The van der Waals surface area contributed by atoms with Crippen LogP contribution in [0.1, 0.15) is 80.1 Å². The minimum Gasteiger partial charge on any atom is -0.460 e. The molecule has 1 rings (SSSR count). The van der Waals surface area contributed by atoms with Crippen LogP contribution in [0.5, 0.6) is 0 Å². The highest BCUT2D eigenvalue weighted by Gasteiger charge is 2.33. The Bertz CT molecular complexity index is 746.